The summed E-state index contributed by atoms with van der Waals surface area (Å²) in [6, 6.07) is 7.64. The smallest absolute Gasteiger partial charge is 0.322 e. The molecule has 5 nitrogen and oxygen atoms in total. The molecule has 0 aromatic heterocycles. The van der Waals surface area contributed by atoms with Crippen LogP contribution < -0.4 is 15.2 Å². The number of hydrogen-bond donors (Lipinski definition) is 1. The number of carbonyl (C=O) groups excluding carboxylic acids is 1. The largest absolute Gasteiger partial charge is 0.497 e. The molecule has 146 valence electrons. The molecule has 0 amide bonds. The van der Waals surface area contributed by atoms with Crippen LogP contribution in [-0.4, -0.2) is 32.3 Å². The van der Waals surface area contributed by atoms with E-state index in [0.717, 1.165) is 0 Å². The van der Waals surface area contributed by atoms with Crippen molar-refractivity contribution in [2.45, 2.75) is 31.9 Å². The molecule has 0 aliphatic heterocycles. The van der Waals surface area contributed by atoms with Gasteiger partial charge in [-0.25, -0.2) is 8.78 Å². The van der Waals surface area contributed by atoms with Crippen molar-refractivity contribution >= 4 is 5.97 Å². The first kappa shape index (κ1) is 20.6. The summed E-state index contributed by atoms with van der Waals surface area (Å²) in [6.07, 6.45) is -0.866. The number of methoxy groups -OCH3 is 2. The number of esters is 1. The van der Waals surface area contributed by atoms with Gasteiger partial charge in [0.05, 0.1) is 20.1 Å². The van der Waals surface area contributed by atoms with E-state index in [1.54, 1.807) is 19.1 Å². The number of benzene rings is 2. The van der Waals surface area contributed by atoms with Crippen molar-refractivity contribution in [3.05, 3.63) is 59.2 Å². The molecule has 0 fully saturated rings. The lowest BCUT2D eigenvalue weighted by Crippen LogP contribution is -2.34. The third-order valence-electron chi connectivity index (χ3n) is 4.23. The second-order valence-electron chi connectivity index (χ2n) is 6.18. The molecule has 0 saturated heterocycles. The average Bonchev–Trinajstić information content (AvgIpc) is 2.64. The molecule has 0 aliphatic rings. The molecule has 0 aliphatic carbocycles. The van der Waals surface area contributed by atoms with E-state index in [0.29, 0.717) is 11.5 Å². The average molecular weight is 379 g/mol. The molecular formula is C20H23F2NO4. The summed E-state index contributed by atoms with van der Waals surface area (Å²) < 4.78 is 44.8. The summed E-state index contributed by atoms with van der Waals surface area (Å²) >= 11 is 0. The molecule has 0 bridgehead atoms. The van der Waals surface area contributed by atoms with Crippen LogP contribution in [0.1, 0.15) is 30.9 Å². The van der Waals surface area contributed by atoms with Crippen molar-refractivity contribution in [3.8, 4) is 11.5 Å². The van der Waals surface area contributed by atoms with Crippen molar-refractivity contribution in [3.63, 3.8) is 0 Å². The van der Waals surface area contributed by atoms with E-state index in [1.165, 1.54) is 45.4 Å². The molecule has 2 N–H and O–H groups in total. The Kier molecular flexibility index (Phi) is 6.74. The molecule has 0 radical (unpaired) electrons. The Balaban J connectivity index is 2.53. The molecule has 0 spiro atoms. The molecule has 2 aromatic carbocycles. The lowest BCUT2D eigenvalue weighted by Gasteiger charge is -2.26. The minimum absolute atomic E-state index is 0.171. The van der Waals surface area contributed by atoms with E-state index in [2.05, 4.69) is 0 Å². The number of nitrogens with two attached hydrogens (primary N) is 1. The number of carbonyl (C=O) groups is 1. The SMILES string of the molecule is COc1ccc(C(c2ccc(OC)cc2F)[C@H](C)OC(=O)[C@H](C)N)c(F)c1. The van der Waals surface area contributed by atoms with Crippen LogP contribution in [0.25, 0.3) is 0 Å². The van der Waals surface area contributed by atoms with E-state index >= 15 is 0 Å². The van der Waals surface area contributed by atoms with Crippen molar-refractivity contribution < 1.29 is 27.8 Å². The second kappa shape index (κ2) is 8.81. The first-order valence-electron chi connectivity index (χ1n) is 8.41. The zero-order valence-corrected chi connectivity index (χ0v) is 15.7. The Morgan fingerprint density at radius 2 is 1.37 bits per heavy atom. The standard InChI is InChI=1S/C20H23F2NO4/c1-11(23)20(24)27-12(2)19(15-7-5-13(25-3)9-17(15)21)16-8-6-14(26-4)10-18(16)22/h5-12,19H,23H2,1-4H3/t11-,12-/m0/s1. The molecule has 2 aromatic rings. The maximum absolute atomic E-state index is 14.7. The Morgan fingerprint density at radius 1 is 0.926 bits per heavy atom. The van der Waals surface area contributed by atoms with E-state index in [4.69, 9.17) is 19.9 Å². The van der Waals surface area contributed by atoms with Crippen molar-refractivity contribution in [1.29, 1.82) is 0 Å². The highest BCUT2D eigenvalue weighted by Gasteiger charge is 2.30. The first-order chi connectivity index (χ1) is 12.8. The zero-order chi connectivity index (χ0) is 20.1. The van der Waals surface area contributed by atoms with Gasteiger partial charge in [0.1, 0.15) is 35.3 Å². The monoisotopic (exact) mass is 379 g/mol. The Bertz CT molecular complexity index is 757. The van der Waals surface area contributed by atoms with Gasteiger partial charge >= 0.3 is 5.97 Å². The Hall–Kier alpha value is -2.67. The number of halogens is 2. The maximum Gasteiger partial charge on any atom is 0.322 e. The van der Waals surface area contributed by atoms with Crippen LogP contribution in [0.3, 0.4) is 0 Å². The second-order valence-corrected chi connectivity index (χ2v) is 6.18. The summed E-state index contributed by atoms with van der Waals surface area (Å²) in [5, 5.41) is 0. The molecule has 2 atom stereocenters. The van der Waals surface area contributed by atoms with Gasteiger partial charge in [-0.3, -0.25) is 4.79 Å². The number of hydrogen-bond acceptors (Lipinski definition) is 5. The van der Waals surface area contributed by atoms with Gasteiger partial charge in [-0.15, -0.1) is 0 Å². The lowest BCUT2D eigenvalue weighted by molar-refractivity contribution is -0.150. The molecular weight excluding hydrogens is 356 g/mol. The predicted molar refractivity (Wildman–Crippen MR) is 97.0 cm³/mol. The van der Waals surface area contributed by atoms with Gasteiger partial charge in [-0.05, 0) is 37.1 Å². The summed E-state index contributed by atoms with van der Waals surface area (Å²) in [5.41, 5.74) is 5.88. The summed E-state index contributed by atoms with van der Waals surface area (Å²) in [4.78, 5) is 11.9. The predicted octanol–water partition coefficient (Wildman–Crippen LogP) is 3.39. The minimum atomic E-state index is -0.885. The van der Waals surface area contributed by atoms with Crippen LogP contribution >= 0.6 is 0 Å². The summed E-state index contributed by atoms with van der Waals surface area (Å²) in [7, 11) is 2.84. The van der Waals surface area contributed by atoms with E-state index in [1.807, 2.05) is 0 Å². The molecule has 0 unspecified atom stereocenters. The Morgan fingerprint density at radius 3 is 1.70 bits per heavy atom. The van der Waals surface area contributed by atoms with Gasteiger partial charge in [0, 0.05) is 12.1 Å². The lowest BCUT2D eigenvalue weighted by atomic mass is 9.86. The van der Waals surface area contributed by atoms with Gasteiger partial charge < -0.3 is 19.9 Å². The van der Waals surface area contributed by atoms with Gasteiger partial charge in [-0.1, -0.05) is 12.1 Å². The normalized spacial score (nSPS) is 13.2. The molecule has 0 heterocycles. The van der Waals surface area contributed by atoms with Gasteiger partial charge in [-0.2, -0.15) is 0 Å². The maximum atomic E-state index is 14.7. The van der Waals surface area contributed by atoms with Gasteiger partial charge in [0.25, 0.3) is 0 Å². The number of ether oxygens (including phenoxy) is 3. The third kappa shape index (κ3) is 4.74. The molecule has 0 saturated carbocycles. The van der Waals surface area contributed by atoms with Crippen molar-refractivity contribution in [2.24, 2.45) is 5.73 Å². The summed E-state index contributed by atoms with van der Waals surface area (Å²) in [5.74, 6) is -2.09. The zero-order valence-electron chi connectivity index (χ0n) is 15.7. The van der Waals surface area contributed by atoms with E-state index in [9.17, 15) is 13.6 Å². The van der Waals surface area contributed by atoms with Crippen LogP contribution in [0.2, 0.25) is 0 Å². The van der Waals surface area contributed by atoms with Crippen LogP contribution in [-0.2, 0) is 9.53 Å². The van der Waals surface area contributed by atoms with Crippen LogP contribution in [0, 0.1) is 11.6 Å². The fraction of sp³-hybridized carbons (Fsp3) is 0.350. The topological polar surface area (TPSA) is 70.8 Å². The highest BCUT2D eigenvalue weighted by Crippen LogP contribution is 2.35. The molecule has 27 heavy (non-hydrogen) atoms. The minimum Gasteiger partial charge on any atom is -0.497 e. The third-order valence-corrected chi connectivity index (χ3v) is 4.23. The van der Waals surface area contributed by atoms with Crippen molar-refractivity contribution in [1.82, 2.24) is 0 Å². The molecule has 2 rings (SSSR count). The first-order valence-corrected chi connectivity index (χ1v) is 8.41. The van der Waals surface area contributed by atoms with E-state index < -0.39 is 35.7 Å². The highest BCUT2D eigenvalue weighted by molar-refractivity contribution is 5.75. The quantitative estimate of drug-likeness (QED) is 0.747. The Labute approximate surface area is 157 Å². The van der Waals surface area contributed by atoms with Gasteiger partial charge in [0.2, 0.25) is 0 Å². The van der Waals surface area contributed by atoms with E-state index in [-0.39, 0.29) is 11.1 Å². The fourth-order valence-corrected chi connectivity index (χ4v) is 2.81. The highest BCUT2D eigenvalue weighted by atomic mass is 19.1. The molecule has 7 heteroatoms. The fourth-order valence-electron chi connectivity index (χ4n) is 2.81. The van der Waals surface area contributed by atoms with Gasteiger partial charge in [0.15, 0.2) is 0 Å². The van der Waals surface area contributed by atoms with Crippen LogP contribution in [0.15, 0.2) is 36.4 Å². The number of rotatable bonds is 7. The summed E-state index contributed by atoms with van der Waals surface area (Å²) in [6.45, 7) is 3.05. The van der Waals surface area contributed by atoms with Crippen LogP contribution in [0.5, 0.6) is 11.5 Å². The van der Waals surface area contributed by atoms with Crippen molar-refractivity contribution in [2.75, 3.05) is 14.2 Å². The van der Waals surface area contributed by atoms with Crippen LogP contribution in [0.4, 0.5) is 8.78 Å².